The Hall–Kier alpha value is -15.0. The number of nitrogens with zero attached hydrogens (tertiary/aromatic N) is 8. The number of ether oxygens (including phenoxy) is 1. The van der Waals surface area contributed by atoms with Crippen LogP contribution in [0.4, 0.5) is 0 Å². The molecule has 116 heavy (non-hydrogen) atoms. The van der Waals surface area contributed by atoms with Crippen molar-refractivity contribution in [3.8, 4) is 141 Å². The summed E-state index contributed by atoms with van der Waals surface area (Å²) in [6.45, 7) is 4.95. The average molecular weight is 1510 g/mol. The monoisotopic (exact) mass is 1500 g/mol. The lowest BCUT2D eigenvalue weighted by Gasteiger charge is -2.19. The molecular formula is C105H72N8O2Si. The number of benzene rings is 14. The van der Waals surface area contributed by atoms with Crippen molar-refractivity contribution >= 4 is 84.0 Å². The molecule has 0 saturated carbocycles. The molecule has 0 amide bonds. The van der Waals surface area contributed by atoms with Crippen LogP contribution in [0.3, 0.4) is 0 Å². The predicted octanol–water partition coefficient (Wildman–Crippen LogP) is 25.3. The van der Waals surface area contributed by atoms with Gasteiger partial charge in [-0.15, -0.1) is 0 Å². The van der Waals surface area contributed by atoms with E-state index in [4.69, 9.17) is 29.1 Å². The van der Waals surface area contributed by atoms with E-state index in [-0.39, 0.29) is 0 Å². The van der Waals surface area contributed by atoms with Crippen LogP contribution in [0.15, 0.2) is 387 Å². The summed E-state index contributed by atoms with van der Waals surface area (Å²) in [6, 6.07) is 127. The van der Waals surface area contributed by atoms with Crippen LogP contribution in [-0.2, 0) is 0 Å². The predicted molar refractivity (Wildman–Crippen MR) is 479 cm³/mol. The molecule has 0 unspecified atom stereocenters. The maximum absolute atomic E-state index is 6.24. The van der Waals surface area contributed by atoms with Crippen molar-refractivity contribution in [2.24, 2.45) is 0 Å². The highest BCUT2D eigenvalue weighted by Crippen LogP contribution is 2.43. The number of methoxy groups -OCH3 is 1. The SMILES string of the molecule is COc1cc(-c2ccc3c(c2)[Si](C)(C)c2ccccc2-3)cc(-n2c3ccccc3c3cc(-c4ccc(-c5cc(-c6ccccc6)cc(-c6ccccc6)n5)cc4)ccc32)c1.c1cc(-c2ccc3c(c2)c2ccccc2n3-c2cccc(-c3ccc4c(c3)oc3ccccc34)c2)cc(-c2nc(-c3ccncc3)nc(-c3ccncc3)n2)c1. The van der Waals surface area contributed by atoms with Gasteiger partial charge in [0, 0.05) is 96.7 Å². The highest BCUT2D eigenvalue weighted by Gasteiger charge is 2.37. The standard InChI is InChI=1S/C56H42N2OSi.C49H30N6O/c1-59-46-31-43(42-26-28-49-48-19-11-13-21-55(48)60(2,3)56(49)35-42)30-45(36-46)58-53-20-12-10-18-47(53)50-32-41(27-29-54(50)58)38-22-24-40(25-23-38)52-34-44(37-14-6-4-7-15-37)33-51(57-52)39-16-8-5-9-17-39;1-3-13-43-39(11-1)42-29-35(33-7-5-9-37(27-33)49-53-47(31-19-23-50-24-20-31)52-48(54-49)32-21-25-51-26-22-32)16-18-44(42)55(43)38-10-6-8-34(28-38)36-15-17-41-40-12-2-4-14-45(40)56-46(41)30-36/h4-36H,1-3H3;1-30H. The summed E-state index contributed by atoms with van der Waals surface area (Å²) in [5.41, 5.74) is 29.5. The van der Waals surface area contributed by atoms with Gasteiger partial charge in [0.05, 0.1) is 46.3 Å². The fourth-order valence-electron chi connectivity index (χ4n) is 17.1. The molecular weight excluding hydrogens is 1430 g/mol. The van der Waals surface area contributed by atoms with E-state index < -0.39 is 8.07 Å². The maximum atomic E-state index is 6.24. The quantitative estimate of drug-likeness (QED) is 0.105. The summed E-state index contributed by atoms with van der Waals surface area (Å²) in [7, 11) is -0.0673. The maximum Gasteiger partial charge on any atom is 0.164 e. The first kappa shape index (κ1) is 68.9. The number of hydrogen-bond donors (Lipinski definition) is 0. The van der Waals surface area contributed by atoms with Crippen LogP contribution in [0.25, 0.3) is 200 Å². The second-order valence-corrected chi connectivity index (χ2v) is 34.5. The molecule has 0 radical (unpaired) electrons. The summed E-state index contributed by atoms with van der Waals surface area (Å²) in [4.78, 5) is 28.2. The third-order valence-corrected chi connectivity index (χ3v) is 26.5. The van der Waals surface area contributed by atoms with Gasteiger partial charge in [-0.3, -0.25) is 9.97 Å². The molecule has 0 fully saturated rings. The first-order chi connectivity index (χ1) is 57.2. The normalized spacial score (nSPS) is 12.2. The van der Waals surface area contributed by atoms with Gasteiger partial charge in [-0.1, -0.05) is 244 Å². The summed E-state index contributed by atoms with van der Waals surface area (Å²) in [5.74, 6) is 2.61. The van der Waals surface area contributed by atoms with Crippen molar-refractivity contribution in [1.29, 1.82) is 0 Å². The van der Waals surface area contributed by atoms with E-state index in [9.17, 15) is 0 Å². The topological polar surface area (TPSA) is 110 Å². The number of rotatable bonds is 13. The Morgan fingerprint density at radius 1 is 0.259 bits per heavy atom. The van der Waals surface area contributed by atoms with E-state index in [2.05, 4.69) is 348 Å². The van der Waals surface area contributed by atoms with Crippen molar-refractivity contribution in [2.45, 2.75) is 13.1 Å². The number of furan rings is 1. The van der Waals surface area contributed by atoms with Crippen molar-refractivity contribution in [3.05, 3.63) is 383 Å². The Balaban J connectivity index is 0.000000145. The molecule has 1 aliphatic heterocycles. The van der Waals surface area contributed by atoms with Crippen LogP contribution in [0, 0.1) is 0 Å². The zero-order valence-corrected chi connectivity index (χ0v) is 64.8. The fraction of sp³-hybridized carbons (Fsp3) is 0.0286. The van der Waals surface area contributed by atoms with Gasteiger partial charge in [0.15, 0.2) is 17.5 Å². The van der Waals surface area contributed by atoms with Crippen LogP contribution in [0.1, 0.15) is 0 Å². The highest BCUT2D eigenvalue weighted by molar-refractivity contribution is 7.03. The van der Waals surface area contributed by atoms with E-state index >= 15 is 0 Å². The number of para-hydroxylation sites is 3. The Kier molecular flexibility index (Phi) is 17.0. The Labute approximate surface area is 671 Å². The smallest absolute Gasteiger partial charge is 0.164 e. The number of fused-ring (bicyclic) bond motifs is 12. The molecule has 0 saturated heterocycles. The minimum Gasteiger partial charge on any atom is -0.497 e. The lowest BCUT2D eigenvalue weighted by molar-refractivity contribution is 0.415. The van der Waals surface area contributed by atoms with Crippen molar-refractivity contribution in [3.63, 3.8) is 0 Å². The number of hydrogen-bond acceptors (Lipinski definition) is 8. The van der Waals surface area contributed by atoms with Crippen LogP contribution >= 0.6 is 0 Å². The summed E-state index contributed by atoms with van der Waals surface area (Å²) in [6.07, 6.45) is 6.99. The van der Waals surface area contributed by atoms with Crippen LogP contribution in [0.5, 0.6) is 5.75 Å². The molecule has 21 aromatic rings. The molecule has 10 nitrogen and oxygen atoms in total. The van der Waals surface area contributed by atoms with Crippen molar-refractivity contribution in [2.75, 3.05) is 7.11 Å². The summed E-state index contributed by atoms with van der Waals surface area (Å²) < 4.78 is 17.0. The van der Waals surface area contributed by atoms with Crippen molar-refractivity contribution < 1.29 is 9.15 Å². The first-order valence-corrected chi connectivity index (χ1v) is 42.1. The van der Waals surface area contributed by atoms with Crippen LogP contribution in [-0.4, -0.2) is 54.2 Å². The van der Waals surface area contributed by atoms with Crippen LogP contribution in [0.2, 0.25) is 13.1 Å². The average Bonchev–Trinajstić information content (AvgIpc) is 1.57. The Bertz CT molecular complexity index is 7290. The molecule has 0 atom stereocenters. The van der Waals surface area contributed by atoms with Gasteiger partial charge in [-0.25, -0.2) is 19.9 Å². The van der Waals surface area contributed by atoms with Gasteiger partial charge < -0.3 is 18.3 Å². The molecule has 14 aromatic carbocycles. The molecule has 1 aliphatic rings. The van der Waals surface area contributed by atoms with Gasteiger partial charge in [-0.05, 0) is 198 Å². The molecule has 0 spiro atoms. The molecule has 0 bridgehead atoms. The minimum absolute atomic E-state index is 0.586. The molecule has 22 rings (SSSR count). The second-order valence-electron chi connectivity index (χ2n) is 30.2. The molecule has 0 N–H and O–H groups in total. The van der Waals surface area contributed by atoms with Crippen LogP contribution < -0.4 is 15.1 Å². The van der Waals surface area contributed by atoms with Crippen molar-refractivity contribution in [1.82, 2.24) is 39.0 Å². The third-order valence-electron chi connectivity index (χ3n) is 22.9. The zero-order valence-electron chi connectivity index (χ0n) is 63.8. The van der Waals surface area contributed by atoms with Gasteiger partial charge >= 0.3 is 0 Å². The van der Waals surface area contributed by atoms with E-state index in [0.717, 1.165) is 139 Å². The van der Waals surface area contributed by atoms with Gasteiger partial charge in [-0.2, -0.15) is 0 Å². The summed E-state index contributed by atoms with van der Waals surface area (Å²) >= 11 is 0. The molecule has 7 aromatic heterocycles. The number of aromatic nitrogens is 8. The highest BCUT2D eigenvalue weighted by atomic mass is 28.3. The lowest BCUT2D eigenvalue weighted by Crippen LogP contribution is -2.49. The molecule has 548 valence electrons. The van der Waals surface area contributed by atoms with E-state index in [1.807, 2.05) is 42.5 Å². The molecule has 0 aliphatic carbocycles. The van der Waals surface area contributed by atoms with E-state index in [1.54, 1.807) is 31.9 Å². The molecule has 8 heterocycles. The van der Waals surface area contributed by atoms with Gasteiger partial charge in [0.1, 0.15) is 25.0 Å². The largest absolute Gasteiger partial charge is 0.497 e. The Morgan fingerprint density at radius 2 is 0.698 bits per heavy atom. The molecule has 11 heteroatoms. The number of pyridine rings is 3. The second kappa shape index (κ2) is 28.6. The van der Waals surface area contributed by atoms with E-state index in [0.29, 0.717) is 17.5 Å². The zero-order chi connectivity index (χ0) is 77.4. The van der Waals surface area contributed by atoms with E-state index in [1.165, 1.54) is 59.7 Å². The fourth-order valence-corrected chi connectivity index (χ4v) is 20.2. The first-order valence-electron chi connectivity index (χ1n) is 39.1. The lowest BCUT2D eigenvalue weighted by atomic mass is 9.98. The Morgan fingerprint density at radius 3 is 1.37 bits per heavy atom. The van der Waals surface area contributed by atoms with Gasteiger partial charge in [0.2, 0.25) is 0 Å². The van der Waals surface area contributed by atoms with Gasteiger partial charge in [0.25, 0.3) is 0 Å². The minimum atomic E-state index is -1.83. The summed E-state index contributed by atoms with van der Waals surface area (Å²) in [5, 5.41) is 10.1. The third kappa shape index (κ3) is 12.4.